The van der Waals surface area contributed by atoms with Gasteiger partial charge in [-0.2, -0.15) is 23.4 Å². The highest BCUT2D eigenvalue weighted by atomic mass is 19.4. The normalized spacial score (nSPS) is 11.5. The molecule has 38 heavy (non-hydrogen) atoms. The molecule has 0 aliphatic rings. The second kappa shape index (κ2) is 11.3. The van der Waals surface area contributed by atoms with Crippen molar-refractivity contribution in [1.82, 2.24) is 4.98 Å². The lowest BCUT2D eigenvalue weighted by Gasteiger charge is -2.09. The van der Waals surface area contributed by atoms with Crippen LogP contribution in [0.15, 0.2) is 96.1 Å². The van der Waals surface area contributed by atoms with Gasteiger partial charge in [0, 0.05) is 17.4 Å². The number of benzene rings is 3. The van der Waals surface area contributed by atoms with Crippen molar-refractivity contribution in [3.8, 4) is 17.2 Å². The first-order valence-corrected chi connectivity index (χ1v) is 11.3. The summed E-state index contributed by atoms with van der Waals surface area (Å²) in [7, 11) is 0. The van der Waals surface area contributed by atoms with E-state index in [-0.39, 0.29) is 18.3 Å². The number of rotatable bonds is 6. The lowest BCUT2D eigenvalue weighted by molar-refractivity contribution is -0.137. The molecule has 0 bridgehead atoms. The van der Waals surface area contributed by atoms with E-state index in [9.17, 15) is 23.2 Å². The molecule has 7 nitrogen and oxygen atoms in total. The molecule has 4 aromatic rings. The van der Waals surface area contributed by atoms with Crippen LogP contribution in [0.1, 0.15) is 16.7 Å². The lowest BCUT2D eigenvalue weighted by Crippen LogP contribution is -2.22. The summed E-state index contributed by atoms with van der Waals surface area (Å²) < 4.78 is 38.1. The number of carbonyl (C=O) groups is 1. The Kier molecular flexibility index (Phi) is 7.68. The highest BCUT2D eigenvalue weighted by Gasteiger charge is 2.29. The van der Waals surface area contributed by atoms with Gasteiger partial charge in [-0.25, -0.2) is 4.98 Å². The van der Waals surface area contributed by atoms with Crippen molar-refractivity contribution in [3.05, 3.63) is 108 Å². The Morgan fingerprint density at radius 1 is 0.921 bits per heavy atom. The predicted molar refractivity (Wildman–Crippen MR) is 140 cm³/mol. The van der Waals surface area contributed by atoms with Crippen LogP contribution in [0.2, 0.25) is 0 Å². The van der Waals surface area contributed by atoms with Crippen LogP contribution >= 0.6 is 0 Å². The molecule has 4 rings (SSSR count). The number of amides is 1. The number of halogens is 3. The fourth-order valence-electron chi connectivity index (χ4n) is 3.55. The molecule has 0 saturated heterocycles. The second-order valence-corrected chi connectivity index (χ2v) is 8.18. The van der Waals surface area contributed by atoms with Crippen LogP contribution in [0.3, 0.4) is 0 Å². The minimum absolute atomic E-state index is 0.0497. The van der Waals surface area contributed by atoms with E-state index in [1.54, 1.807) is 48.7 Å². The smallest absolute Gasteiger partial charge is 0.369 e. The van der Waals surface area contributed by atoms with E-state index in [2.05, 4.69) is 26.7 Å². The summed E-state index contributed by atoms with van der Waals surface area (Å²) in [5.74, 6) is 0.120. The van der Waals surface area contributed by atoms with E-state index in [1.807, 2.05) is 18.2 Å². The summed E-state index contributed by atoms with van der Waals surface area (Å²) >= 11 is 0. The number of nitrogens with two attached hydrogens (primary N) is 1. The number of para-hydroxylation sites is 1. The third kappa shape index (κ3) is 6.73. The number of nitrogens with zero attached hydrogens (tertiary/aromatic N) is 3. The fraction of sp³-hybridized carbons (Fsp3) is 0.0714. The molecule has 4 N–H and O–H groups in total. The number of pyridine rings is 1. The van der Waals surface area contributed by atoms with Crippen molar-refractivity contribution >= 4 is 29.1 Å². The molecule has 0 atom stereocenters. The average Bonchev–Trinajstić information content (AvgIpc) is 2.89. The minimum atomic E-state index is -4.42. The molecule has 0 fully saturated rings. The van der Waals surface area contributed by atoms with Gasteiger partial charge in [0.05, 0.1) is 23.2 Å². The van der Waals surface area contributed by atoms with Gasteiger partial charge < -0.3 is 16.4 Å². The highest BCUT2D eigenvalue weighted by molar-refractivity contribution is 5.95. The molecule has 1 heterocycles. The SMILES string of the molecule is N#Cc1ccccc1NC(N)=Nc1ccc(-c2ccc(NC(=O)Cc3ccc(C(F)(F)F)cc3)cc2)cn1. The van der Waals surface area contributed by atoms with Gasteiger partial charge in [0.1, 0.15) is 6.07 Å². The predicted octanol–water partition coefficient (Wildman–Crippen LogP) is 5.88. The van der Waals surface area contributed by atoms with Crippen molar-refractivity contribution in [2.45, 2.75) is 12.6 Å². The standard InChI is InChI=1S/C28H21F3N6O/c29-28(30,31)22-10-5-18(6-11-22)15-26(38)35-23-12-7-19(8-13-23)21-9-14-25(34-17-21)37-27(33)36-24-4-2-1-3-20(24)16-32/h1-14,17H,15H2,(H,35,38)(H3,33,34,36,37). The van der Waals surface area contributed by atoms with Crippen LogP contribution in [0, 0.1) is 11.3 Å². The van der Waals surface area contributed by atoms with Gasteiger partial charge in [-0.15, -0.1) is 0 Å². The van der Waals surface area contributed by atoms with Gasteiger partial charge >= 0.3 is 6.18 Å². The first-order valence-electron chi connectivity index (χ1n) is 11.3. The molecule has 0 unspecified atom stereocenters. The zero-order valence-electron chi connectivity index (χ0n) is 19.8. The molecular weight excluding hydrogens is 493 g/mol. The van der Waals surface area contributed by atoms with Gasteiger partial charge in [0.2, 0.25) is 5.91 Å². The number of hydrogen-bond donors (Lipinski definition) is 3. The van der Waals surface area contributed by atoms with Gasteiger partial charge in [0.15, 0.2) is 11.8 Å². The van der Waals surface area contributed by atoms with Gasteiger partial charge in [-0.05, 0) is 59.7 Å². The largest absolute Gasteiger partial charge is 0.416 e. The first kappa shape index (κ1) is 25.9. The third-order valence-corrected chi connectivity index (χ3v) is 5.44. The number of nitriles is 1. The third-order valence-electron chi connectivity index (χ3n) is 5.44. The van der Waals surface area contributed by atoms with E-state index in [4.69, 9.17) is 5.73 Å². The Bertz CT molecular complexity index is 1490. The van der Waals surface area contributed by atoms with Gasteiger partial charge in [0.25, 0.3) is 0 Å². The number of aliphatic imine (C=N–C) groups is 1. The molecule has 0 radical (unpaired) electrons. The van der Waals surface area contributed by atoms with Crippen LogP contribution in [0.4, 0.5) is 30.4 Å². The zero-order chi connectivity index (χ0) is 27.1. The Morgan fingerprint density at radius 2 is 1.61 bits per heavy atom. The Hall–Kier alpha value is -5.17. The van der Waals surface area contributed by atoms with Crippen LogP contribution in [0.5, 0.6) is 0 Å². The summed E-state index contributed by atoms with van der Waals surface area (Å²) in [6.07, 6.45) is -2.83. The summed E-state index contributed by atoms with van der Waals surface area (Å²) in [5.41, 5.74) is 8.86. The Morgan fingerprint density at radius 3 is 2.24 bits per heavy atom. The number of carbonyl (C=O) groups excluding carboxylic acids is 1. The summed E-state index contributed by atoms with van der Waals surface area (Å²) in [5, 5.41) is 14.8. The molecule has 3 aromatic carbocycles. The molecule has 0 aliphatic heterocycles. The minimum Gasteiger partial charge on any atom is -0.369 e. The summed E-state index contributed by atoms with van der Waals surface area (Å²) in [6, 6.07) is 24.1. The van der Waals surface area contributed by atoms with Crippen molar-refractivity contribution < 1.29 is 18.0 Å². The monoisotopic (exact) mass is 514 g/mol. The molecular formula is C28H21F3N6O. The number of nitrogens with one attached hydrogen (secondary N) is 2. The fourth-order valence-corrected chi connectivity index (χ4v) is 3.55. The van der Waals surface area contributed by atoms with Crippen molar-refractivity contribution in [1.29, 1.82) is 5.26 Å². The maximum absolute atomic E-state index is 12.7. The van der Waals surface area contributed by atoms with E-state index in [0.29, 0.717) is 28.3 Å². The maximum atomic E-state index is 12.7. The number of hydrogen-bond acceptors (Lipinski definition) is 4. The molecule has 1 aromatic heterocycles. The van der Waals surface area contributed by atoms with E-state index in [1.165, 1.54) is 12.1 Å². The maximum Gasteiger partial charge on any atom is 0.416 e. The summed E-state index contributed by atoms with van der Waals surface area (Å²) in [6.45, 7) is 0. The Balaban J connectivity index is 1.35. The van der Waals surface area contributed by atoms with Crippen molar-refractivity contribution in [3.63, 3.8) is 0 Å². The van der Waals surface area contributed by atoms with Crippen LogP contribution in [-0.2, 0) is 17.4 Å². The number of anilines is 2. The average molecular weight is 515 g/mol. The van der Waals surface area contributed by atoms with E-state index >= 15 is 0 Å². The van der Waals surface area contributed by atoms with E-state index < -0.39 is 11.7 Å². The number of aromatic nitrogens is 1. The molecule has 190 valence electrons. The molecule has 0 saturated carbocycles. The number of guanidine groups is 1. The van der Waals surface area contributed by atoms with Crippen molar-refractivity contribution in [2.75, 3.05) is 10.6 Å². The topological polar surface area (TPSA) is 116 Å². The quantitative estimate of drug-likeness (QED) is 0.220. The lowest BCUT2D eigenvalue weighted by atomic mass is 10.1. The van der Waals surface area contributed by atoms with E-state index in [0.717, 1.165) is 23.3 Å². The summed E-state index contributed by atoms with van der Waals surface area (Å²) in [4.78, 5) is 20.8. The second-order valence-electron chi connectivity index (χ2n) is 8.18. The van der Waals surface area contributed by atoms with Gasteiger partial charge in [-0.1, -0.05) is 36.4 Å². The first-order chi connectivity index (χ1) is 18.2. The molecule has 0 spiro atoms. The Labute approximate surface area is 216 Å². The molecule has 1 amide bonds. The van der Waals surface area contributed by atoms with Crippen LogP contribution < -0.4 is 16.4 Å². The van der Waals surface area contributed by atoms with Crippen LogP contribution in [-0.4, -0.2) is 16.9 Å². The zero-order valence-corrected chi connectivity index (χ0v) is 19.8. The van der Waals surface area contributed by atoms with Crippen molar-refractivity contribution in [2.24, 2.45) is 10.7 Å². The molecule has 10 heteroatoms. The highest BCUT2D eigenvalue weighted by Crippen LogP contribution is 2.29. The number of alkyl halides is 3. The van der Waals surface area contributed by atoms with Crippen LogP contribution in [0.25, 0.3) is 11.1 Å². The van der Waals surface area contributed by atoms with Gasteiger partial charge in [-0.3, -0.25) is 4.79 Å². The molecule has 0 aliphatic carbocycles.